The molecule has 368 valence electrons. The predicted molar refractivity (Wildman–Crippen MR) is 262 cm³/mol. The first-order valence-corrected chi connectivity index (χ1v) is 25.1. The highest BCUT2D eigenvalue weighted by atomic mass is 16.6. The molecule has 3 amide bonds. The highest BCUT2D eigenvalue weighted by Gasteiger charge is 2.45. The van der Waals surface area contributed by atoms with E-state index in [1.165, 1.54) is 11.1 Å². The SMILES string of the molecule is CCCCNc1ncc2c(-c3ccc(CN4CCN(CCOCCOCCOCCOCCCc5cccc6c5N(C)C(=O)C6C5CCC(=O)NC5=O)CC4)cc3)cn(C3CCC(O)CC3)c2n1. The van der Waals surface area contributed by atoms with Crippen LogP contribution in [0.4, 0.5) is 11.6 Å². The molecule has 8 rings (SSSR count). The van der Waals surface area contributed by atoms with Crippen LogP contribution in [0, 0.1) is 5.92 Å². The number of nitrogens with zero attached hydrogens (tertiary/aromatic N) is 6. The summed E-state index contributed by atoms with van der Waals surface area (Å²) in [4.78, 5) is 53.9. The van der Waals surface area contributed by atoms with Gasteiger partial charge in [-0.25, -0.2) is 4.98 Å². The van der Waals surface area contributed by atoms with E-state index >= 15 is 0 Å². The number of rotatable bonds is 25. The number of carbonyl (C=O) groups excluding carboxylic acids is 3. The molecule has 4 aromatic rings. The van der Waals surface area contributed by atoms with E-state index in [9.17, 15) is 19.5 Å². The summed E-state index contributed by atoms with van der Waals surface area (Å²) in [6.45, 7) is 13.3. The van der Waals surface area contributed by atoms with Crippen molar-refractivity contribution in [2.24, 2.45) is 5.92 Å². The minimum absolute atomic E-state index is 0.0972. The number of amides is 3. The number of imide groups is 1. The van der Waals surface area contributed by atoms with Crippen LogP contribution >= 0.6 is 0 Å². The van der Waals surface area contributed by atoms with Crippen molar-refractivity contribution >= 4 is 40.4 Å². The average Bonchev–Trinajstić information content (AvgIpc) is 3.85. The second-order valence-corrected chi connectivity index (χ2v) is 18.8. The Bertz CT molecular complexity index is 2270. The number of carbonyl (C=O) groups is 3. The Kier molecular flexibility index (Phi) is 18.0. The van der Waals surface area contributed by atoms with Gasteiger partial charge in [0, 0.05) is 95.3 Å². The second-order valence-electron chi connectivity index (χ2n) is 18.8. The van der Waals surface area contributed by atoms with Gasteiger partial charge in [0.1, 0.15) is 5.65 Å². The van der Waals surface area contributed by atoms with Gasteiger partial charge in [-0.05, 0) is 73.6 Å². The molecule has 16 nitrogen and oxygen atoms in total. The zero-order valence-electron chi connectivity index (χ0n) is 40.2. The summed E-state index contributed by atoms with van der Waals surface area (Å²) < 4.78 is 25.4. The van der Waals surface area contributed by atoms with Gasteiger partial charge in [-0.1, -0.05) is 55.8 Å². The molecule has 3 aliphatic heterocycles. The summed E-state index contributed by atoms with van der Waals surface area (Å²) in [5, 5.41) is 17.1. The minimum atomic E-state index is -0.558. The van der Waals surface area contributed by atoms with Crippen LogP contribution in [0.5, 0.6) is 0 Å². The van der Waals surface area contributed by atoms with Crippen molar-refractivity contribution in [3.05, 3.63) is 71.5 Å². The Morgan fingerprint density at radius 2 is 1.50 bits per heavy atom. The number of unbranched alkanes of at least 4 members (excludes halogenated alkanes) is 1. The number of aryl methyl sites for hydroxylation is 1. The number of piperidine rings is 1. The van der Waals surface area contributed by atoms with Crippen LogP contribution in [0.1, 0.15) is 93.4 Å². The van der Waals surface area contributed by atoms with E-state index in [-0.39, 0.29) is 30.2 Å². The van der Waals surface area contributed by atoms with Gasteiger partial charge in [-0.15, -0.1) is 0 Å². The van der Waals surface area contributed by atoms with Gasteiger partial charge in [-0.3, -0.25) is 29.5 Å². The van der Waals surface area contributed by atoms with Crippen molar-refractivity contribution in [3.8, 4) is 11.1 Å². The molecule has 2 aromatic carbocycles. The number of nitrogens with one attached hydrogen (secondary N) is 2. The third kappa shape index (κ3) is 12.7. The molecule has 4 aliphatic rings. The summed E-state index contributed by atoms with van der Waals surface area (Å²) in [7, 11) is 1.76. The molecule has 1 aliphatic carbocycles. The van der Waals surface area contributed by atoms with E-state index in [0.29, 0.717) is 71.3 Å². The Labute approximate surface area is 401 Å². The lowest BCUT2D eigenvalue weighted by Gasteiger charge is -2.34. The fraction of sp³-hybridized carbons (Fsp3) is 0.596. The number of aliphatic hydroxyl groups is 1. The number of aromatic nitrogens is 3. The van der Waals surface area contributed by atoms with Crippen molar-refractivity contribution in [2.75, 3.05) is 109 Å². The standard InChI is InChI=1S/C52H72N8O8/c1-3-4-20-53-52-54-34-44-45(36-60(49(44)56-52)40-14-16-41(61)17-15-40)38-12-10-37(11-13-38)35-59-23-21-58(22-24-59)25-27-66-29-31-68-33-32-67-30-28-65-26-6-8-39-7-5-9-42-47(51(64)57(2)48(39)42)43-18-19-46(62)55-50(43)63/h5,7,9-13,34,36,40-41,43,47,61H,3-4,6,8,14-33,35H2,1-2H3,(H,53,54,56)(H,55,62,63). The largest absolute Gasteiger partial charge is 0.393 e. The van der Waals surface area contributed by atoms with E-state index < -0.39 is 11.8 Å². The fourth-order valence-corrected chi connectivity index (χ4v) is 10.2. The van der Waals surface area contributed by atoms with Gasteiger partial charge in [0.25, 0.3) is 0 Å². The number of ether oxygens (including phenoxy) is 4. The van der Waals surface area contributed by atoms with Crippen molar-refractivity contribution in [2.45, 2.75) is 95.7 Å². The topological polar surface area (TPSA) is 173 Å². The minimum Gasteiger partial charge on any atom is -0.393 e. The number of benzene rings is 2. The molecule has 2 atom stereocenters. The highest BCUT2D eigenvalue weighted by molar-refractivity contribution is 6.09. The van der Waals surface area contributed by atoms with Gasteiger partial charge in [0.15, 0.2) is 0 Å². The Hall–Kier alpha value is -4.81. The van der Waals surface area contributed by atoms with Gasteiger partial charge in [-0.2, -0.15) is 4.98 Å². The van der Waals surface area contributed by atoms with Gasteiger partial charge >= 0.3 is 0 Å². The van der Waals surface area contributed by atoms with E-state index in [4.69, 9.17) is 28.9 Å². The molecular formula is C52H72N8O8. The highest BCUT2D eigenvalue weighted by Crippen LogP contribution is 2.45. The van der Waals surface area contributed by atoms with Crippen LogP contribution in [0.15, 0.2) is 54.9 Å². The fourth-order valence-electron chi connectivity index (χ4n) is 10.2. The van der Waals surface area contributed by atoms with Crippen LogP contribution in [0.2, 0.25) is 0 Å². The second kappa shape index (κ2) is 24.7. The van der Waals surface area contributed by atoms with Gasteiger partial charge in [0.05, 0.1) is 69.9 Å². The maximum absolute atomic E-state index is 13.2. The van der Waals surface area contributed by atoms with Crippen LogP contribution in [-0.4, -0.2) is 152 Å². The summed E-state index contributed by atoms with van der Waals surface area (Å²) in [6, 6.07) is 15.2. The first kappa shape index (κ1) is 49.6. The lowest BCUT2D eigenvalue weighted by atomic mass is 9.81. The number of hydrogen-bond donors (Lipinski definition) is 3. The van der Waals surface area contributed by atoms with Crippen LogP contribution in [0.25, 0.3) is 22.2 Å². The number of likely N-dealkylation sites (N-methyl/N-ethyl adjacent to an activating group) is 1. The molecule has 3 fully saturated rings. The zero-order chi connectivity index (χ0) is 47.2. The van der Waals surface area contributed by atoms with Gasteiger partial charge in [0.2, 0.25) is 23.7 Å². The van der Waals surface area contributed by atoms with E-state index in [1.54, 1.807) is 11.9 Å². The van der Waals surface area contributed by atoms with Crippen molar-refractivity contribution in [1.29, 1.82) is 0 Å². The average molecular weight is 937 g/mol. The number of fused-ring (bicyclic) bond motifs is 2. The molecule has 0 bridgehead atoms. The predicted octanol–water partition coefficient (Wildman–Crippen LogP) is 5.72. The molecule has 2 saturated heterocycles. The lowest BCUT2D eigenvalue weighted by Crippen LogP contribution is -2.46. The van der Waals surface area contributed by atoms with Crippen molar-refractivity contribution in [3.63, 3.8) is 0 Å². The molecule has 68 heavy (non-hydrogen) atoms. The maximum atomic E-state index is 13.2. The molecule has 0 radical (unpaired) electrons. The molecule has 3 N–H and O–H groups in total. The number of piperazine rings is 1. The maximum Gasteiger partial charge on any atom is 0.235 e. The van der Waals surface area contributed by atoms with Crippen LogP contribution in [0.3, 0.4) is 0 Å². The first-order chi connectivity index (χ1) is 33.3. The molecule has 5 heterocycles. The summed E-state index contributed by atoms with van der Waals surface area (Å²) in [5.41, 5.74) is 7.40. The molecular weight excluding hydrogens is 865 g/mol. The Balaban J connectivity index is 0.654. The lowest BCUT2D eigenvalue weighted by molar-refractivity contribution is -0.139. The smallest absolute Gasteiger partial charge is 0.235 e. The summed E-state index contributed by atoms with van der Waals surface area (Å²) in [5.74, 6) is -1.14. The normalized spacial score (nSPS) is 21.5. The number of aliphatic hydroxyl groups excluding tert-OH is 1. The third-order valence-corrected chi connectivity index (χ3v) is 14.1. The van der Waals surface area contributed by atoms with Crippen LogP contribution < -0.4 is 15.5 Å². The molecule has 2 unspecified atom stereocenters. The van der Waals surface area contributed by atoms with E-state index in [1.807, 2.05) is 24.4 Å². The molecule has 2 aromatic heterocycles. The third-order valence-electron chi connectivity index (χ3n) is 14.1. The molecule has 16 heteroatoms. The number of hydrogen-bond acceptors (Lipinski definition) is 13. The monoisotopic (exact) mass is 937 g/mol. The molecule has 1 saturated carbocycles. The van der Waals surface area contributed by atoms with Crippen molar-refractivity contribution in [1.82, 2.24) is 29.7 Å². The van der Waals surface area contributed by atoms with Gasteiger partial charge < -0.3 is 38.8 Å². The number of anilines is 2. The van der Waals surface area contributed by atoms with Crippen LogP contribution in [-0.2, 0) is 46.3 Å². The summed E-state index contributed by atoms with van der Waals surface area (Å²) >= 11 is 0. The Morgan fingerprint density at radius 1 is 0.809 bits per heavy atom. The first-order valence-electron chi connectivity index (χ1n) is 25.1. The zero-order valence-corrected chi connectivity index (χ0v) is 40.2. The van der Waals surface area contributed by atoms with Crippen molar-refractivity contribution < 1.29 is 38.4 Å². The molecule has 0 spiro atoms. The quantitative estimate of drug-likeness (QED) is 0.0545. The Morgan fingerprint density at radius 3 is 2.21 bits per heavy atom. The van der Waals surface area contributed by atoms with E-state index in [0.717, 1.165) is 131 Å². The van der Waals surface area contributed by atoms with E-state index in [2.05, 4.69) is 62.4 Å². The summed E-state index contributed by atoms with van der Waals surface area (Å²) in [6.07, 6.45) is 11.9. The number of para-hydroxylation sites is 1.